The fourth-order valence-electron chi connectivity index (χ4n) is 3.42. The maximum atomic E-state index is 14.1. The number of hydrogen-bond acceptors (Lipinski definition) is 4. The molecule has 1 saturated carbocycles. The van der Waals surface area contributed by atoms with Crippen molar-refractivity contribution >= 4 is 11.8 Å². The Bertz CT molecular complexity index is 713. The molecule has 1 aliphatic carbocycles. The van der Waals surface area contributed by atoms with Gasteiger partial charge in [-0.05, 0) is 25.3 Å². The lowest BCUT2D eigenvalue weighted by Crippen LogP contribution is -2.49. The van der Waals surface area contributed by atoms with E-state index in [1.807, 2.05) is 0 Å². The first kappa shape index (κ1) is 17.9. The number of carbonyl (C=O) groups is 1. The summed E-state index contributed by atoms with van der Waals surface area (Å²) >= 11 is 0. The lowest BCUT2D eigenvalue weighted by Gasteiger charge is -2.40. The lowest BCUT2D eigenvalue weighted by molar-refractivity contribution is -0.138. The molecule has 2 aliphatic rings. The van der Waals surface area contributed by atoms with Gasteiger partial charge in [0.05, 0.1) is 18.1 Å². The van der Waals surface area contributed by atoms with Crippen LogP contribution in [0.2, 0.25) is 0 Å². The number of esters is 1. The number of hydrogen-bond donors (Lipinski definition) is 0. The number of rotatable bonds is 2. The largest absolute Gasteiger partial charge is 0.465 e. The minimum atomic E-state index is -4.68. The van der Waals surface area contributed by atoms with E-state index in [0.29, 0.717) is 19.0 Å². The average Bonchev–Trinajstić information content (AvgIpc) is 3.29. The van der Waals surface area contributed by atoms with Crippen LogP contribution in [0.4, 0.5) is 27.8 Å². The molecule has 0 aromatic carbocycles. The Morgan fingerprint density at radius 2 is 1.92 bits per heavy atom. The van der Waals surface area contributed by atoms with E-state index in [2.05, 4.69) is 9.72 Å². The molecule has 0 amide bonds. The van der Waals surface area contributed by atoms with Crippen LogP contribution in [-0.4, -0.2) is 37.1 Å². The zero-order valence-electron chi connectivity index (χ0n) is 13.7. The first-order chi connectivity index (χ1) is 11.5. The number of alkyl halides is 5. The summed E-state index contributed by atoms with van der Waals surface area (Å²) in [6.07, 6.45) is -3.75. The van der Waals surface area contributed by atoms with Gasteiger partial charge in [-0.2, -0.15) is 13.2 Å². The number of ether oxygens (including phenoxy) is 1. The number of anilines is 1. The molecule has 1 aliphatic heterocycles. The maximum Gasteiger partial charge on any atom is 0.418 e. The van der Waals surface area contributed by atoms with Gasteiger partial charge in [0, 0.05) is 25.7 Å². The summed E-state index contributed by atoms with van der Waals surface area (Å²) in [5, 5.41) is 0. The summed E-state index contributed by atoms with van der Waals surface area (Å²) < 4.78 is 72.0. The van der Waals surface area contributed by atoms with Crippen molar-refractivity contribution in [1.29, 1.82) is 0 Å². The van der Waals surface area contributed by atoms with Crippen LogP contribution in [0.25, 0.3) is 0 Å². The van der Waals surface area contributed by atoms with E-state index in [4.69, 9.17) is 0 Å². The molecule has 138 valence electrons. The number of halogens is 5. The Kier molecular flexibility index (Phi) is 3.96. The van der Waals surface area contributed by atoms with Gasteiger partial charge in [-0.25, -0.2) is 18.6 Å². The SMILES string of the molecule is COC(=O)c1c(N2CCC(F)(F)C3(CC3)C2)ncc(C(F)(F)F)c1C. The highest BCUT2D eigenvalue weighted by Crippen LogP contribution is 2.60. The topological polar surface area (TPSA) is 42.4 Å². The highest BCUT2D eigenvalue weighted by Gasteiger charge is 2.64. The molecule has 0 unspecified atom stereocenters. The van der Waals surface area contributed by atoms with Crippen molar-refractivity contribution in [1.82, 2.24) is 4.98 Å². The summed E-state index contributed by atoms with van der Waals surface area (Å²) in [5.74, 6) is -3.80. The molecule has 3 rings (SSSR count). The zero-order valence-corrected chi connectivity index (χ0v) is 13.7. The van der Waals surface area contributed by atoms with E-state index in [1.54, 1.807) is 0 Å². The number of carbonyl (C=O) groups excluding carboxylic acids is 1. The Hall–Kier alpha value is -1.93. The molecule has 0 N–H and O–H groups in total. The molecule has 1 saturated heterocycles. The van der Waals surface area contributed by atoms with Gasteiger partial charge in [-0.3, -0.25) is 0 Å². The van der Waals surface area contributed by atoms with Crippen LogP contribution < -0.4 is 4.90 Å². The van der Waals surface area contributed by atoms with Crippen molar-refractivity contribution in [2.45, 2.75) is 38.3 Å². The lowest BCUT2D eigenvalue weighted by atomic mass is 9.90. The first-order valence-electron chi connectivity index (χ1n) is 7.80. The predicted molar refractivity (Wildman–Crippen MR) is 78.8 cm³/mol. The number of methoxy groups -OCH3 is 1. The van der Waals surface area contributed by atoms with E-state index >= 15 is 0 Å². The quantitative estimate of drug-likeness (QED) is 0.591. The van der Waals surface area contributed by atoms with Crippen LogP contribution in [-0.2, 0) is 10.9 Å². The normalized spacial score (nSPS) is 21.3. The third-order valence-electron chi connectivity index (χ3n) is 5.13. The summed E-state index contributed by atoms with van der Waals surface area (Å²) in [6.45, 7) is 1.03. The van der Waals surface area contributed by atoms with Crippen LogP contribution in [0.3, 0.4) is 0 Å². The molecule has 0 atom stereocenters. The molecule has 1 aromatic rings. The molecule has 9 heteroatoms. The Morgan fingerprint density at radius 1 is 1.28 bits per heavy atom. The van der Waals surface area contributed by atoms with Gasteiger partial charge in [0.2, 0.25) is 0 Å². The Balaban J connectivity index is 2.05. The van der Waals surface area contributed by atoms with Gasteiger partial charge in [0.1, 0.15) is 11.4 Å². The van der Waals surface area contributed by atoms with Crippen molar-refractivity contribution in [2.24, 2.45) is 5.41 Å². The molecule has 0 bridgehead atoms. The minimum Gasteiger partial charge on any atom is -0.465 e. The number of nitrogens with zero attached hydrogens (tertiary/aromatic N) is 2. The molecular formula is C16H17F5N2O2. The average molecular weight is 364 g/mol. The summed E-state index contributed by atoms with van der Waals surface area (Å²) in [5.41, 5.74) is -2.85. The van der Waals surface area contributed by atoms with Gasteiger partial charge in [-0.15, -0.1) is 0 Å². The van der Waals surface area contributed by atoms with Crippen molar-refractivity contribution in [2.75, 3.05) is 25.1 Å². The molecule has 25 heavy (non-hydrogen) atoms. The smallest absolute Gasteiger partial charge is 0.418 e. The second kappa shape index (κ2) is 5.54. The molecule has 4 nitrogen and oxygen atoms in total. The van der Waals surface area contributed by atoms with E-state index in [1.165, 1.54) is 4.90 Å². The fourth-order valence-corrected chi connectivity index (χ4v) is 3.42. The molecule has 1 spiro atoms. The molecule has 0 radical (unpaired) electrons. The van der Waals surface area contributed by atoms with Crippen LogP contribution >= 0.6 is 0 Å². The Morgan fingerprint density at radius 3 is 2.44 bits per heavy atom. The van der Waals surface area contributed by atoms with Crippen LogP contribution in [0.5, 0.6) is 0 Å². The highest BCUT2D eigenvalue weighted by molar-refractivity contribution is 5.96. The number of aromatic nitrogens is 1. The second-order valence-corrected chi connectivity index (χ2v) is 6.64. The minimum absolute atomic E-state index is 0.0286. The summed E-state index contributed by atoms with van der Waals surface area (Å²) in [7, 11) is 1.05. The number of pyridine rings is 1. The second-order valence-electron chi connectivity index (χ2n) is 6.64. The number of piperidine rings is 1. The van der Waals surface area contributed by atoms with Crippen LogP contribution in [0.1, 0.15) is 40.7 Å². The van der Waals surface area contributed by atoms with Gasteiger partial charge in [-0.1, -0.05) is 0 Å². The first-order valence-corrected chi connectivity index (χ1v) is 7.80. The standard InChI is InChI=1S/C16H17F5N2O2/c1-9-10(16(19,20)21)7-22-12(11(9)13(24)25-2)23-6-5-15(17,18)14(8-23)3-4-14/h7H,3-6,8H2,1-2H3. The molecule has 2 fully saturated rings. The van der Waals surface area contributed by atoms with Gasteiger partial charge < -0.3 is 9.64 Å². The monoisotopic (exact) mass is 364 g/mol. The third-order valence-corrected chi connectivity index (χ3v) is 5.13. The van der Waals surface area contributed by atoms with Gasteiger partial charge in [0.25, 0.3) is 5.92 Å². The summed E-state index contributed by atoms with van der Waals surface area (Å²) in [6, 6.07) is 0. The maximum absolute atomic E-state index is 14.1. The van der Waals surface area contributed by atoms with Crippen molar-refractivity contribution in [3.8, 4) is 0 Å². The third kappa shape index (κ3) is 2.83. The van der Waals surface area contributed by atoms with Crippen LogP contribution in [0, 0.1) is 12.3 Å². The predicted octanol–water partition coefficient (Wildman–Crippen LogP) is 3.82. The van der Waals surface area contributed by atoms with E-state index in [0.717, 1.165) is 14.0 Å². The van der Waals surface area contributed by atoms with Gasteiger partial charge in [0.15, 0.2) is 0 Å². The molecular weight excluding hydrogens is 347 g/mol. The van der Waals surface area contributed by atoms with Gasteiger partial charge >= 0.3 is 12.1 Å². The van der Waals surface area contributed by atoms with Crippen molar-refractivity contribution in [3.05, 3.63) is 22.9 Å². The van der Waals surface area contributed by atoms with E-state index in [-0.39, 0.29) is 30.0 Å². The van der Waals surface area contributed by atoms with Crippen LogP contribution in [0.15, 0.2) is 6.20 Å². The van der Waals surface area contributed by atoms with Crippen molar-refractivity contribution < 1.29 is 31.5 Å². The van der Waals surface area contributed by atoms with Crippen molar-refractivity contribution in [3.63, 3.8) is 0 Å². The summed E-state index contributed by atoms with van der Waals surface area (Å²) in [4.78, 5) is 17.4. The van der Waals surface area contributed by atoms with E-state index < -0.39 is 35.5 Å². The molecule has 1 aromatic heterocycles. The van der Waals surface area contributed by atoms with E-state index in [9.17, 15) is 26.7 Å². The fraction of sp³-hybridized carbons (Fsp3) is 0.625. The Labute approximate surface area is 141 Å². The zero-order chi connectivity index (χ0) is 18.6. The highest BCUT2D eigenvalue weighted by atomic mass is 19.4. The molecule has 2 heterocycles.